The van der Waals surface area contributed by atoms with Gasteiger partial charge in [-0.25, -0.2) is 4.98 Å². The first-order valence-electron chi connectivity index (χ1n) is 18.1. The Hall–Kier alpha value is -7.46. The number of hydrogen-bond acceptors (Lipinski definition) is 6. The van der Waals surface area contributed by atoms with E-state index in [4.69, 9.17) is 14.4 Å². The number of hydrogen-bond donors (Lipinski definition) is 0. The first-order chi connectivity index (χ1) is 26.8. The zero-order valence-electron chi connectivity index (χ0n) is 28.7. The van der Waals surface area contributed by atoms with E-state index in [0.717, 1.165) is 89.8 Å². The summed E-state index contributed by atoms with van der Waals surface area (Å²) in [6.07, 6.45) is 0. The molecule has 252 valence electrons. The molecule has 0 unspecified atom stereocenters. The Labute approximate surface area is 307 Å². The van der Waals surface area contributed by atoms with Gasteiger partial charge in [0.15, 0.2) is 5.58 Å². The van der Waals surface area contributed by atoms with Gasteiger partial charge in [-0.3, -0.25) is 13.4 Å². The fraction of sp³-hybridized carbons (Fsp3) is 0. The van der Waals surface area contributed by atoms with Crippen LogP contribution in [0.4, 0.5) is 34.1 Å². The molecule has 0 bridgehead atoms. The second-order valence-electron chi connectivity index (χ2n) is 14.0. The molecule has 0 atom stereocenters. The molecular formula is C44H27BN8O. The van der Waals surface area contributed by atoms with Gasteiger partial charge in [-0.2, -0.15) is 4.98 Å². The van der Waals surface area contributed by atoms with Gasteiger partial charge in [0.2, 0.25) is 5.78 Å². The first-order valence-corrected chi connectivity index (χ1v) is 18.1. The molecule has 0 saturated heterocycles. The third kappa shape index (κ3) is 3.49. The highest BCUT2D eigenvalue weighted by Crippen LogP contribution is 2.56. The summed E-state index contributed by atoms with van der Waals surface area (Å²) < 4.78 is 13.4. The van der Waals surface area contributed by atoms with Crippen LogP contribution < -0.4 is 14.4 Å². The van der Waals surface area contributed by atoms with Crippen molar-refractivity contribution in [3.63, 3.8) is 0 Å². The number of nitrogens with zero attached hydrogens (tertiary/aromatic N) is 8. The molecule has 13 rings (SSSR count). The number of para-hydroxylation sites is 11. The summed E-state index contributed by atoms with van der Waals surface area (Å²) in [5.74, 6) is 1.47. The van der Waals surface area contributed by atoms with Crippen molar-refractivity contribution in [2.24, 2.45) is 0 Å². The van der Waals surface area contributed by atoms with E-state index >= 15 is 0 Å². The molecule has 0 fully saturated rings. The van der Waals surface area contributed by atoms with Crippen LogP contribution in [0.1, 0.15) is 0 Å². The van der Waals surface area contributed by atoms with Crippen LogP contribution in [-0.2, 0) is 0 Å². The van der Waals surface area contributed by atoms with Crippen LogP contribution in [0.15, 0.2) is 168 Å². The lowest BCUT2D eigenvalue weighted by Crippen LogP contribution is -2.51. The number of benzene rings is 7. The van der Waals surface area contributed by atoms with Crippen molar-refractivity contribution in [2.75, 3.05) is 14.4 Å². The highest BCUT2D eigenvalue weighted by atomic mass is 16.4. The van der Waals surface area contributed by atoms with Crippen molar-refractivity contribution in [1.82, 2.24) is 23.3 Å². The predicted octanol–water partition coefficient (Wildman–Crippen LogP) is 10.4. The summed E-state index contributed by atoms with van der Waals surface area (Å²) in [4.78, 5) is 17.3. The molecule has 4 aromatic heterocycles. The number of imidazole rings is 3. The third-order valence-corrected chi connectivity index (χ3v) is 11.2. The molecule has 6 heterocycles. The fourth-order valence-corrected chi connectivity index (χ4v) is 9.01. The maximum atomic E-state index is 6.70. The molecule has 0 spiro atoms. The molecule has 54 heavy (non-hydrogen) atoms. The summed E-state index contributed by atoms with van der Waals surface area (Å²) in [7, 11) is -0.259. The average Bonchev–Trinajstić information content (AvgIpc) is 4.05. The maximum absolute atomic E-state index is 6.70. The highest BCUT2D eigenvalue weighted by Gasteiger charge is 2.54. The molecule has 7 aromatic carbocycles. The fourth-order valence-electron chi connectivity index (χ4n) is 9.01. The second-order valence-corrected chi connectivity index (χ2v) is 14.0. The Balaban J connectivity index is 1.05. The van der Waals surface area contributed by atoms with Gasteiger partial charge < -0.3 is 18.8 Å². The molecule has 2 aliphatic heterocycles. The highest BCUT2D eigenvalue weighted by molar-refractivity contribution is 6.80. The van der Waals surface area contributed by atoms with Gasteiger partial charge in [-0.05, 0) is 91.0 Å². The van der Waals surface area contributed by atoms with Crippen molar-refractivity contribution in [1.29, 1.82) is 0 Å². The minimum absolute atomic E-state index is 0.259. The van der Waals surface area contributed by atoms with E-state index < -0.39 is 0 Å². The molecular weight excluding hydrogens is 667 g/mol. The van der Waals surface area contributed by atoms with Crippen LogP contribution in [0.5, 0.6) is 0 Å². The van der Waals surface area contributed by atoms with Crippen molar-refractivity contribution < 1.29 is 4.42 Å². The zero-order valence-corrected chi connectivity index (χ0v) is 28.7. The number of aromatic nitrogens is 5. The molecule has 0 amide bonds. The maximum Gasteiger partial charge on any atom is 0.519 e. The van der Waals surface area contributed by atoms with E-state index in [1.165, 1.54) is 0 Å². The number of fused-ring (bicyclic) bond motifs is 15. The Morgan fingerprint density at radius 2 is 0.926 bits per heavy atom. The van der Waals surface area contributed by atoms with Gasteiger partial charge in [-0.15, -0.1) is 0 Å². The van der Waals surface area contributed by atoms with Gasteiger partial charge >= 0.3 is 13.0 Å². The molecule has 0 radical (unpaired) electrons. The Bertz CT molecular complexity index is 3360. The average molecular weight is 695 g/mol. The predicted molar refractivity (Wildman–Crippen MR) is 217 cm³/mol. The molecule has 11 aromatic rings. The minimum Gasteiger partial charge on any atom is -0.421 e. The van der Waals surface area contributed by atoms with E-state index in [1.807, 2.05) is 24.3 Å². The van der Waals surface area contributed by atoms with Crippen molar-refractivity contribution in [2.45, 2.75) is 0 Å². The minimum atomic E-state index is -0.259. The smallest absolute Gasteiger partial charge is 0.421 e. The van der Waals surface area contributed by atoms with E-state index in [9.17, 15) is 0 Å². The van der Waals surface area contributed by atoms with E-state index in [2.05, 4.69) is 167 Å². The third-order valence-electron chi connectivity index (χ3n) is 11.2. The molecule has 0 N–H and O–H groups in total. The quantitative estimate of drug-likeness (QED) is 0.172. The van der Waals surface area contributed by atoms with Gasteiger partial charge in [0.25, 0.3) is 0 Å². The van der Waals surface area contributed by atoms with Crippen LogP contribution in [0.3, 0.4) is 0 Å². The lowest BCUT2D eigenvalue weighted by molar-refractivity contribution is 0.643. The number of rotatable bonds is 3. The SMILES string of the molecule is c1cc(N2B3N(c4ccccc42)c2ccccc2N3c2cccc3c2oc2nc4ccccc4n23)cc(-n2c3ccccc3n3c4ccccc4nc23)c1. The van der Waals surface area contributed by atoms with Crippen LogP contribution in [0, 0.1) is 0 Å². The van der Waals surface area contributed by atoms with Gasteiger partial charge in [0, 0.05) is 5.69 Å². The Kier molecular flexibility index (Phi) is 5.27. The van der Waals surface area contributed by atoms with Crippen LogP contribution in [0.25, 0.3) is 61.5 Å². The molecule has 0 aliphatic carbocycles. The van der Waals surface area contributed by atoms with Crippen LogP contribution in [-0.4, -0.2) is 30.5 Å². The lowest BCUT2D eigenvalue weighted by Gasteiger charge is -2.31. The lowest BCUT2D eigenvalue weighted by atomic mass is 9.86. The van der Waals surface area contributed by atoms with Crippen molar-refractivity contribution in [3.8, 4) is 5.69 Å². The van der Waals surface area contributed by atoms with E-state index in [-0.39, 0.29) is 7.12 Å². The second kappa shape index (κ2) is 10.1. The molecule has 2 aliphatic rings. The van der Waals surface area contributed by atoms with E-state index in [1.54, 1.807) is 0 Å². The standard InChI is InChI=1S/C44H27BN8O/c1-3-17-32-30(15-1)46-43-48(34-19-5-6-20-35(34)49(32)43)28-13-11-14-29(27-28)51-36-21-7-8-22-37(36)52-38-23-9-10-24-39(38)53(45(51)52)41-26-12-25-40-42(41)54-44-47-31-16-2-4-18-33(31)50(40)44/h1-27H. The first kappa shape index (κ1) is 28.2. The number of oxazole rings is 1. The zero-order chi connectivity index (χ0) is 35.1. The summed E-state index contributed by atoms with van der Waals surface area (Å²) in [6.45, 7) is 0. The summed E-state index contributed by atoms with van der Waals surface area (Å²) >= 11 is 0. The van der Waals surface area contributed by atoms with Gasteiger partial charge in [0.1, 0.15) is 0 Å². The summed E-state index contributed by atoms with van der Waals surface area (Å²) in [5.41, 5.74) is 15.6. The summed E-state index contributed by atoms with van der Waals surface area (Å²) in [5, 5.41) is 0. The summed E-state index contributed by atoms with van der Waals surface area (Å²) in [6, 6.07) is 57.7. The van der Waals surface area contributed by atoms with Gasteiger partial charge in [-0.1, -0.05) is 72.8 Å². The molecule has 9 nitrogen and oxygen atoms in total. The monoisotopic (exact) mass is 694 g/mol. The Morgan fingerprint density at radius 1 is 0.407 bits per heavy atom. The normalized spacial score (nSPS) is 13.8. The van der Waals surface area contributed by atoms with Crippen molar-refractivity contribution in [3.05, 3.63) is 164 Å². The van der Waals surface area contributed by atoms with Crippen molar-refractivity contribution >= 4 is 97.1 Å². The number of anilines is 6. The Morgan fingerprint density at radius 3 is 1.67 bits per heavy atom. The van der Waals surface area contributed by atoms with Crippen LogP contribution >= 0.6 is 0 Å². The topological polar surface area (TPSA) is 62.4 Å². The van der Waals surface area contributed by atoms with Gasteiger partial charge in [0.05, 0.1) is 72.7 Å². The molecule has 0 saturated carbocycles. The molecule has 10 heteroatoms. The van der Waals surface area contributed by atoms with Crippen LogP contribution in [0.2, 0.25) is 0 Å². The largest absolute Gasteiger partial charge is 0.519 e. The van der Waals surface area contributed by atoms with E-state index in [0.29, 0.717) is 5.84 Å².